The predicted molar refractivity (Wildman–Crippen MR) is 285 cm³/mol. The van der Waals surface area contributed by atoms with Crippen LogP contribution >= 0.6 is 0 Å². The monoisotopic (exact) mass is 865 g/mol. The lowest BCUT2D eigenvalue weighted by atomic mass is 9.70. The van der Waals surface area contributed by atoms with E-state index in [1.54, 1.807) is 0 Å². The molecule has 0 aromatic heterocycles. The first-order valence-corrected chi connectivity index (χ1v) is 25.5. The van der Waals surface area contributed by atoms with Crippen molar-refractivity contribution in [2.24, 2.45) is 0 Å². The van der Waals surface area contributed by atoms with E-state index < -0.39 is 0 Å². The number of anilines is 6. The fourth-order valence-electron chi connectivity index (χ4n) is 10.3. The Morgan fingerprint density at radius 3 is 0.969 bits per heavy atom. The van der Waals surface area contributed by atoms with Crippen LogP contribution in [0.5, 0.6) is 0 Å². The van der Waals surface area contributed by atoms with Crippen molar-refractivity contribution in [1.29, 1.82) is 0 Å². The van der Waals surface area contributed by atoms with Gasteiger partial charge in [-0.15, -0.1) is 0 Å². The molecule has 0 atom stereocenters. The minimum Gasteiger partial charge on any atom is -0.310 e. The second kappa shape index (κ2) is 21.0. The van der Waals surface area contributed by atoms with Crippen LogP contribution < -0.4 is 9.80 Å². The van der Waals surface area contributed by atoms with Crippen molar-refractivity contribution in [3.8, 4) is 11.1 Å². The number of benzene rings is 6. The van der Waals surface area contributed by atoms with Crippen molar-refractivity contribution >= 4 is 34.1 Å². The van der Waals surface area contributed by atoms with Crippen LogP contribution in [0, 0.1) is 13.8 Å². The molecule has 1 aliphatic carbocycles. The van der Waals surface area contributed by atoms with Crippen molar-refractivity contribution < 1.29 is 0 Å². The van der Waals surface area contributed by atoms with E-state index in [9.17, 15) is 0 Å². The number of unbranched alkanes of at least 4 members (excludes halogenated alkanes) is 10. The zero-order valence-electron chi connectivity index (χ0n) is 42.0. The summed E-state index contributed by atoms with van der Waals surface area (Å²) in [6.45, 7) is 22.9. The molecule has 0 unspecified atom stereocenters. The predicted octanol–water partition coefficient (Wildman–Crippen LogP) is 19.6. The molecule has 0 aliphatic heterocycles. The van der Waals surface area contributed by atoms with E-state index in [1.165, 1.54) is 156 Å². The second-order valence-corrected chi connectivity index (χ2v) is 21.5. The van der Waals surface area contributed by atoms with Gasteiger partial charge in [-0.3, -0.25) is 0 Å². The summed E-state index contributed by atoms with van der Waals surface area (Å²) < 4.78 is 0. The molecule has 0 saturated carbocycles. The number of aryl methyl sites for hydroxylation is 2. The quantitative estimate of drug-likeness (QED) is 0.0706. The third-order valence-electron chi connectivity index (χ3n) is 14.3. The zero-order chi connectivity index (χ0) is 46.2. The lowest BCUT2D eigenvalue weighted by molar-refractivity contribution is 0.398. The molecule has 0 saturated heterocycles. The molecule has 0 spiro atoms. The number of nitrogens with zero attached hydrogens (tertiary/aromatic N) is 2. The minimum atomic E-state index is -0.101. The Morgan fingerprint density at radius 1 is 0.354 bits per heavy atom. The Hall–Kier alpha value is -5.08. The van der Waals surface area contributed by atoms with Gasteiger partial charge < -0.3 is 9.80 Å². The van der Waals surface area contributed by atoms with Gasteiger partial charge in [-0.05, 0) is 144 Å². The highest BCUT2D eigenvalue weighted by Gasteiger charge is 2.43. The number of hydrogen-bond donors (Lipinski definition) is 0. The SMILES string of the molecule is CCCCCCCCC1(CCCCCCCC)c2cc(N(c3ccc(C)cc3)c3ccc(C(C)(C)C)cc3)ccc2-c2ccc(N(c3ccc(C)cc3)c3ccc(C(C)(C)C)cc3)cc21. The van der Waals surface area contributed by atoms with Crippen LogP contribution in [0.3, 0.4) is 0 Å². The molecule has 2 heteroatoms. The van der Waals surface area contributed by atoms with Gasteiger partial charge in [0.1, 0.15) is 0 Å². The molecule has 0 radical (unpaired) electrons. The highest BCUT2D eigenvalue weighted by Crippen LogP contribution is 2.57. The van der Waals surface area contributed by atoms with Crippen LogP contribution in [0.4, 0.5) is 34.1 Å². The minimum absolute atomic E-state index is 0.0863. The summed E-state index contributed by atoms with van der Waals surface area (Å²) in [6.07, 6.45) is 17.9. The summed E-state index contributed by atoms with van der Waals surface area (Å²) in [5.41, 5.74) is 18.4. The topological polar surface area (TPSA) is 6.48 Å². The van der Waals surface area contributed by atoms with Gasteiger partial charge in [0.15, 0.2) is 0 Å². The lowest BCUT2D eigenvalue weighted by Gasteiger charge is -2.35. The number of fused-ring (bicyclic) bond motifs is 3. The van der Waals surface area contributed by atoms with E-state index in [1.807, 2.05) is 0 Å². The van der Waals surface area contributed by atoms with Crippen LogP contribution in [0.2, 0.25) is 0 Å². The van der Waals surface area contributed by atoms with Crippen molar-refractivity contribution in [2.45, 2.75) is 175 Å². The molecule has 0 heterocycles. The highest BCUT2D eigenvalue weighted by atomic mass is 15.1. The molecule has 0 bridgehead atoms. The lowest BCUT2D eigenvalue weighted by Crippen LogP contribution is -2.26. The van der Waals surface area contributed by atoms with Gasteiger partial charge >= 0.3 is 0 Å². The molecular weight excluding hydrogens is 785 g/mol. The summed E-state index contributed by atoms with van der Waals surface area (Å²) in [6, 6.07) is 51.9. The maximum absolute atomic E-state index is 2.61. The number of rotatable bonds is 20. The van der Waals surface area contributed by atoms with Crippen LogP contribution in [0.1, 0.15) is 179 Å². The molecule has 6 aromatic carbocycles. The van der Waals surface area contributed by atoms with Crippen LogP contribution in [-0.4, -0.2) is 0 Å². The summed E-state index contributed by atoms with van der Waals surface area (Å²) in [5.74, 6) is 0. The first-order valence-electron chi connectivity index (χ1n) is 25.5. The average Bonchev–Trinajstić information content (AvgIpc) is 3.55. The van der Waals surface area contributed by atoms with Crippen molar-refractivity contribution in [1.82, 2.24) is 0 Å². The van der Waals surface area contributed by atoms with E-state index >= 15 is 0 Å². The maximum Gasteiger partial charge on any atom is 0.0465 e. The smallest absolute Gasteiger partial charge is 0.0465 e. The zero-order valence-corrected chi connectivity index (χ0v) is 42.0. The third kappa shape index (κ3) is 11.1. The molecule has 1 aliphatic rings. The van der Waals surface area contributed by atoms with Gasteiger partial charge in [0.25, 0.3) is 0 Å². The van der Waals surface area contributed by atoms with E-state index in [2.05, 4.69) is 212 Å². The normalized spacial score (nSPS) is 13.1. The third-order valence-corrected chi connectivity index (χ3v) is 14.3. The van der Waals surface area contributed by atoms with Gasteiger partial charge in [0, 0.05) is 39.5 Å². The van der Waals surface area contributed by atoms with E-state index in [0.717, 1.165) is 12.8 Å². The van der Waals surface area contributed by atoms with Crippen molar-refractivity contribution in [3.05, 3.63) is 167 Å². The molecule has 0 fully saturated rings. The standard InChI is InChI=1S/C63H80N2/c1-11-13-15-17-19-21-43-63(44-22-20-18-16-14-12-2)59-45-55(64(51-31-23-47(3)24-32-51)53-35-27-49(28-36-53)61(5,6)7)39-41-57(59)58-42-40-56(46-60(58)63)65(52-33-25-48(4)26-34-52)54-37-29-50(30-38-54)62(8,9)10/h23-42,45-46H,11-22,43-44H2,1-10H3. The Morgan fingerprint density at radius 2 is 0.646 bits per heavy atom. The maximum atomic E-state index is 2.61. The fraction of sp³-hybridized carbons (Fsp3) is 0.429. The summed E-state index contributed by atoms with van der Waals surface area (Å²) in [4.78, 5) is 5.00. The van der Waals surface area contributed by atoms with E-state index in [-0.39, 0.29) is 16.2 Å². The summed E-state index contributed by atoms with van der Waals surface area (Å²) in [5, 5.41) is 0. The van der Waals surface area contributed by atoms with E-state index in [0.29, 0.717) is 0 Å². The van der Waals surface area contributed by atoms with Gasteiger partial charge in [-0.2, -0.15) is 0 Å². The fourth-order valence-corrected chi connectivity index (χ4v) is 10.3. The first kappa shape index (κ1) is 47.9. The number of hydrogen-bond acceptors (Lipinski definition) is 2. The Labute approximate surface area is 395 Å². The molecule has 0 N–H and O–H groups in total. The Kier molecular flexibility index (Phi) is 15.5. The van der Waals surface area contributed by atoms with Gasteiger partial charge in [-0.25, -0.2) is 0 Å². The van der Waals surface area contributed by atoms with Crippen molar-refractivity contribution in [2.75, 3.05) is 9.80 Å². The average molecular weight is 865 g/mol. The van der Waals surface area contributed by atoms with Gasteiger partial charge in [-0.1, -0.05) is 204 Å². The summed E-state index contributed by atoms with van der Waals surface area (Å²) in [7, 11) is 0. The molecule has 2 nitrogen and oxygen atoms in total. The molecule has 342 valence electrons. The van der Waals surface area contributed by atoms with Crippen molar-refractivity contribution in [3.63, 3.8) is 0 Å². The molecule has 6 aromatic rings. The Bertz CT molecular complexity index is 2250. The van der Waals surface area contributed by atoms with Crippen LogP contribution in [-0.2, 0) is 16.2 Å². The summed E-state index contributed by atoms with van der Waals surface area (Å²) >= 11 is 0. The molecule has 7 rings (SSSR count). The Balaban J connectivity index is 1.40. The van der Waals surface area contributed by atoms with Gasteiger partial charge in [0.05, 0.1) is 0 Å². The molecular formula is C63H80N2. The van der Waals surface area contributed by atoms with Gasteiger partial charge in [0.2, 0.25) is 0 Å². The molecule has 65 heavy (non-hydrogen) atoms. The van der Waals surface area contributed by atoms with Crippen LogP contribution in [0.15, 0.2) is 133 Å². The van der Waals surface area contributed by atoms with E-state index in [4.69, 9.17) is 0 Å². The first-order chi connectivity index (χ1) is 31.2. The highest BCUT2D eigenvalue weighted by molar-refractivity contribution is 5.88. The molecule has 0 amide bonds. The largest absolute Gasteiger partial charge is 0.310 e. The van der Waals surface area contributed by atoms with Crippen LogP contribution in [0.25, 0.3) is 11.1 Å². The second-order valence-electron chi connectivity index (χ2n) is 21.5.